The van der Waals surface area contributed by atoms with Crippen molar-refractivity contribution in [2.45, 2.75) is 26.8 Å². The van der Waals surface area contributed by atoms with E-state index in [1.165, 1.54) is 0 Å². The third kappa shape index (κ3) is 2.57. The van der Waals surface area contributed by atoms with E-state index >= 15 is 0 Å². The minimum Gasteiger partial charge on any atom is -0.338 e. The van der Waals surface area contributed by atoms with Crippen LogP contribution in [-0.2, 0) is 17.8 Å². The van der Waals surface area contributed by atoms with Crippen LogP contribution >= 0.6 is 0 Å². The molecule has 2 N–H and O–H groups in total. The largest absolute Gasteiger partial charge is 0.338 e. The number of carbonyl (C=O) groups is 2. The maximum absolute atomic E-state index is 12.5. The van der Waals surface area contributed by atoms with Gasteiger partial charge in [-0.2, -0.15) is 5.10 Å². The molecule has 3 heterocycles. The smallest absolute Gasteiger partial charge is 0.257 e. The number of amides is 2. The molecule has 0 radical (unpaired) electrons. The highest BCUT2D eigenvalue weighted by Crippen LogP contribution is 2.23. The Kier molecular flexibility index (Phi) is 3.62. The molecule has 114 valence electrons. The van der Waals surface area contributed by atoms with Gasteiger partial charge in [-0.15, -0.1) is 0 Å². The summed E-state index contributed by atoms with van der Waals surface area (Å²) in [6.07, 6.45) is 5.54. The molecule has 0 saturated carbocycles. The van der Waals surface area contributed by atoms with Gasteiger partial charge in [-0.05, 0) is 24.5 Å². The van der Waals surface area contributed by atoms with E-state index in [-0.39, 0.29) is 11.8 Å². The van der Waals surface area contributed by atoms with Gasteiger partial charge in [-0.25, -0.2) is 0 Å². The molecule has 7 heteroatoms. The number of aromatic nitrogens is 3. The van der Waals surface area contributed by atoms with Crippen LogP contribution in [-0.4, -0.2) is 38.4 Å². The Morgan fingerprint density at radius 3 is 2.82 bits per heavy atom. The highest BCUT2D eigenvalue weighted by Gasteiger charge is 2.23. The minimum atomic E-state index is -0.204. The summed E-state index contributed by atoms with van der Waals surface area (Å²) in [6.45, 7) is 4.52. The van der Waals surface area contributed by atoms with Gasteiger partial charge in [0.25, 0.3) is 5.91 Å². The van der Waals surface area contributed by atoms with Crippen molar-refractivity contribution in [2.24, 2.45) is 0 Å². The van der Waals surface area contributed by atoms with E-state index in [1.54, 1.807) is 30.4 Å². The maximum Gasteiger partial charge on any atom is 0.257 e. The van der Waals surface area contributed by atoms with Crippen LogP contribution < -0.4 is 5.32 Å². The molecule has 0 spiro atoms. The van der Waals surface area contributed by atoms with E-state index in [1.807, 2.05) is 6.92 Å². The summed E-state index contributed by atoms with van der Waals surface area (Å²) in [5, 5.41) is 9.50. The highest BCUT2D eigenvalue weighted by molar-refractivity contribution is 6.05. The summed E-state index contributed by atoms with van der Waals surface area (Å²) in [4.78, 5) is 29.9. The molecule has 0 bridgehead atoms. The predicted octanol–water partition coefficient (Wildman–Crippen LogP) is 1.27. The third-order valence-corrected chi connectivity index (χ3v) is 3.91. The average molecular weight is 299 g/mol. The van der Waals surface area contributed by atoms with Crippen LogP contribution in [0.1, 0.15) is 34.1 Å². The summed E-state index contributed by atoms with van der Waals surface area (Å²) in [5.41, 5.74) is 3.91. The lowest BCUT2D eigenvalue weighted by molar-refractivity contribution is -0.129. The van der Waals surface area contributed by atoms with Crippen molar-refractivity contribution in [2.75, 3.05) is 11.9 Å². The first kappa shape index (κ1) is 14.2. The van der Waals surface area contributed by atoms with E-state index < -0.39 is 0 Å². The number of nitrogens with zero attached hydrogens (tertiary/aromatic N) is 3. The fourth-order valence-electron chi connectivity index (χ4n) is 2.62. The highest BCUT2D eigenvalue weighted by atomic mass is 16.2. The molecule has 0 unspecified atom stereocenters. The van der Waals surface area contributed by atoms with Gasteiger partial charge in [0.1, 0.15) is 0 Å². The van der Waals surface area contributed by atoms with Crippen LogP contribution in [0.3, 0.4) is 0 Å². The summed E-state index contributed by atoms with van der Waals surface area (Å²) in [5.74, 6) is -0.167. The second-order valence-electron chi connectivity index (χ2n) is 5.38. The van der Waals surface area contributed by atoms with Crippen LogP contribution in [0, 0.1) is 6.92 Å². The molecule has 0 saturated heterocycles. The molecule has 3 rings (SSSR count). The lowest BCUT2D eigenvalue weighted by Gasteiger charge is -2.28. The fourth-order valence-corrected chi connectivity index (χ4v) is 2.62. The van der Waals surface area contributed by atoms with Crippen molar-refractivity contribution in [1.29, 1.82) is 0 Å². The van der Waals surface area contributed by atoms with Gasteiger partial charge in [-0.1, -0.05) is 0 Å². The number of anilines is 1. The molecule has 2 aromatic rings. The molecule has 0 fully saturated rings. The molecule has 22 heavy (non-hydrogen) atoms. The van der Waals surface area contributed by atoms with E-state index in [9.17, 15) is 9.59 Å². The molecule has 1 aliphatic heterocycles. The maximum atomic E-state index is 12.5. The number of carbonyl (C=O) groups excluding carboxylic acids is 2. The summed E-state index contributed by atoms with van der Waals surface area (Å²) < 4.78 is 0. The lowest BCUT2D eigenvalue weighted by Crippen LogP contribution is -2.35. The molecular formula is C15H17N5O2. The number of hydrogen-bond donors (Lipinski definition) is 2. The monoisotopic (exact) mass is 299 g/mol. The van der Waals surface area contributed by atoms with Gasteiger partial charge in [0.15, 0.2) is 0 Å². The zero-order valence-corrected chi connectivity index (χ0v) is 12.5. The van der Waals surface area contributed by atoms with Crippen molar-refractivity contribution in [3.8, 4) is 0 Å². The first-order valence-corrected chi connectivity index (χ1v) is 7.09. The van der Waals surface area contributed by atoms with Gasteiger partial charge in [0.2, 0.25) is 5.91 Å². The van der Waals surface area contributed by atoms with Crippen molar-refractivity contribution < 1.29 is 9.59 Å². The molecule has 0 aliphatic carbocycles. The quantitative estimate of drug-likeness (QED) is 0.873. The van der Waals surface area contributed by atoms with Crippen LogP contribution in [0.2, 0.25) is 0 Å². The third-order valence-electron chi connectivity index (χ3n) is 3.91. The van der Waals surface area contributed by atoms with E-state index in [2.05, 4.69) is 20.5 Å². The van der Waals surface area contributed by atoms with Crippen molar-refractivity contribution in [3.63, 3.8) is 0 Å². The van der Waals surface area contributed by atoms with Crippen molar-refractivity contribution in [1.82, 2.24) is 20.1 Å². The second-order valence-corrected chi connectivity index (χ2v) is 5.38. The van der Waals surface area contributed by atoms with Gasteiger partial charge in [0, 0.05) is 32.4 Å². The van der Waals surface area contributed by atoms with Gasteiger partial charge >= 0.3 is 0 Å². The fraction of sp³-hybridized carbons (Fsp3) is 0.333. The Labute approximate surface area is 127 Å². The Bertz CT molecular complexity index is 737. The van der Waals surface area contributed by atoms with Gasteiger partial charge in [0.05, 0.1) is 23.1 Å². The van der Waals surface area contributed by atoms with E-state index in [4.69, 9.17) is 0 Å². The average Bonchev–Trinajstić information content (AvgIpc) is 2.91. The molecule has 1 aliphatic rings. The number of fused-ring (bicyclic) bond motifs is 1. The lowest BCUT2D eigenvalue weighted by atomic mass is 9.96. The summed E-state index contributed by atoms with van der Waals surface area (Å²) >= 11 is 0. The van der Waals surface area contributed by atoms with Crippen molar-refractivity contribution in [3.05, 3.63) is 41.0 Å². The van der Waals surface area contributed by atoms with Crippen molar-refractivity contribution >= 4 is 17.5 Å². The normalized spacial score (nSPS) is 13.6. The van der Waals surface area contributed by atoms with E-state index in [0.29, 0.717) is 30.8 Å². The minimum absolute atomic E-state index is 0.0366. The molecule has 2 aromatic heterocycles. The Morgan fingerprint density at radius 2 is 2.14 bits per heavy atom. The van der Waals surface area contributed by atoms with Gasteiger partial charge < -0.3 is 10.2 Å². The van der Waals surface area contributed by atoms with Crippen LogP contribution in [0.5, 0.6) is 0 Å². The molecule has 7 nitrogen and oxygen atoms in total. The molecule has 0 aromatic carbocycles. The number of nitrogens with one attached hydrogen (secondary N) is 2. The van der Waals surface area contributed by atoms with Gasteiger partial charge in [-0.3, -0.25) is 19.7 Å². The predicted molar refractivity (Wildman–Crippen MR) is 80.3 cm³/mol. The number of pyridine rings is 1. The zero-order valence-electron chi connectivity index (χ0n) is 12.5. The standard InChI is InChI=1S/C15H17N5O2/c1-9-14(7-17-19-9)18-15(22)13-6-16-5-11-8-20(10(2)21)4-3-12(11)13/h5-7H,3-4,8H2,1-2H3,(H,17,19)(H,18,22). The number of rotatable bonds is 2. The topological polar surface area (TPSA) is 91.0 Å². The Hall–Kier alpha value is -2.70. The number of hydrogen-bond acceptors (Lipinski definition) is 4. The Balaban J connectivity index is 1.87. The SMILES string of the molecule is CC(=O)N1CCc2c(cncc2C(=O)Nc2cn[nH]c2C)C1. The molecule has 0 atom stereocenters. The molecule has 2 amide bonds. The van der Waals surface area contributed by atoms with Crippen LogP contribution in [0.25, 0.3) is 0 Å². The van der Waals surface area contributed by atoms with Crippen LogP contribution in [0.15, 0.2) is 18.6 Å². The molecular weight excluding hydrogens is 282 g/mol. The van der Waals surface area contributed by atoms with Crippen LogP contribution in [0.4, 0.5) is 5.69 Å². The zero-order chi connectivity index (χ0) is 15.7. The number of H-pyrrole nitrogens is 1. The second kappa shape index (κ2) is 5.59. The number of aromatic amines is 1. The van der Waals surface area contributed by atoms with E-state index in [0.717, 1.165) is 16.8 Å². The number of aryl methyl sites for hydroxylation is 1. The Morgan fingerprint density at radius 1 is 1.32 bits per heavy atom. The first-order valence-electron chi connectivity index (χ1n) is 7.09. The summed E-state index contributed by atoms with van der Waals surface area (Å²) in [6, 6.07) is 0. The summed E-state index contributed by atoms with van der Waals surface area (Å²) in [7, 11) is 0. The first-order chi connectivity index (χ1) is 10.6.